The van der Waals surface area contributed by atoms with Crippen LogP contribution in [0, 0.1) is 0 Å². The van der Waals surface area contributed by atoms with Crippen molar-refractivity contribution in [3.63, 3.8) is 0 Å². The van der Waals surface area contributed by atoms with Gasteiger partial charge in [0.15, 0.2) is 7.14 Å². The van der Waals surface area contributed by atoms with E-state index in [1.807, 2.05) is 102 Å². The highest BCUT2D eigenvalue weighted by Gasteiger charge is 2.41. The van der Waals surface area contributed by atoms with E-state index in [0.29, 0.717) is 28.2 Å². The fraction of sp³-hybridized carbons (Fsp3) is 0. The van der Waals surface area contributed by atoms with E-state index >= 15 is 0 Å². The summed E-state index contributed by atoms with van der Waals surface area (Å²) in [6.07, 6.45) is 3.50. The van der Waals surface area contributed by atoms with Gasteiger partial charge in [0.1, 0.15) is 22.6 Å². The van der Waals surface area contributed by atoms with Crippen LogP contribution in [-0.2, 0) is 4.57 Å². The fourth-order valence-corrected chi connectivity index (χ4v) is 8.64. The Balaban J connectivity index is 1.21. The number of hydrogen-bond donors (Lipinski definition) is 0. The Bertz CT molecular complexity index is 2050. The Morgan fingerprint density at radius 2 is 1.45 bits per heavy atom. The zero-order chi connectivity index (χ0) is 26.7. The van der Waals surface area contributed by atoms with Crippen LogP contribution < -0.4 is 20.8 Å². The van der Waals surface area contributed by atoms with Crippen LogP contribution in [0.25, 0.3) is 38.9 Å². The maximum atomic E-state index is 14.8. The molecular weight excluding hydrogens is 515 g/mol. The second-order valence-electron chi connectivity index (χ2n) is 9.66. The lowest BCUT2D eigenvalue weighted by atomic mass is 10.1. The topological polar surface area (TPSA) is 69.9 Å². The van der Waals surface area contributed by atoms with Gasteiger partial charge in [0.25, 0.3) is 0 Å². The highest BCUT2D eigenvalue weighted by Crippen LogP contribution is 2.51. The first-order valence-electron chi connectivity index (χ1n) is 13.0. The van der Waals surface area contributed by atoms with Gasteiger partial charge >= 0.3 is 0 Å². The largest absolute Gasteiger partial charge is 0.439 e. The molecule has 4 aromatic heterocycles. The van der Waals surface area contributed by atoms with Crippen LogP contribution in [0.2, 0.25) is 0 Å². The molecule has 40 heavy (non-hydrogen) atoms. The van der Waals surface area contributed by atoms with Crippen molar-refractivity contribution >= 4 is 45.1 Å². The van der Waals surface area contributed by atoms with E-state index in [9.17, 15) is 4.57 Å². The number of aromatic nitrogens is 4. The minimum atomic E-state index is -3.16. The first kappa shape index (κ1) is 22.9. The van der Waals surface area contributed by atoms with Gasteiger partial charge in [-0.25, -0.2) is 4.98 Å². The molecule has 1 unspecified atom stereocenters. The lowest BCUT2D eigenvalue weighted by molar-refractivity contribution is 0.462. The standard InChI is InChI=1S/C33H21N4O2P/c38-40(29-16-4-2-12-25(29)27-14-8-20-35-33(27)40)23-10-5-9-22(21-23)39-31-18-6-17-30(36-31)37-28-15-3-1-11-24(28)26-13-7-19-34-32(26)37/h1-21H. The average molecular weight is 537 g/mol. The molecule has 190 valence electrons. The van der Waals surface area contributed by atoms with Gasteiger partial charge in [0.05, 0.1) is 5.52 Å². The van der Waals surface area contributed by atoms with Gasteiger partial charge in [-0.05, 0) is 48.0 Å². The summed E-state index contributed by atoms with van der Waals surface area (Å²) < 4.78 is 23.1. The zero-order valence-electron chi connectivity index (χ0n) is 21.2. The number of pyridine rings is 3. The molecule has 0 radical (unpaired) electrons. The van der Waals surface area contributed by atoms with E-state index in [1.54, 1.807) is 12.4 Å². The molecule has 0 bridgehead atoms. The molecule has 5 heterocycles. The van der Waals surface area contributed by atoms with Crippen molar-refractivity contribution < 1.29 is 9.30 Å². The molecule has 0 fully saturated rings. The van der Waals surface area contributed by atoms with Crippen molar-refractivity contribution in [1.82, 2.24) is 19.5 Å². The number of rotatable bonds is 4. The van der Waals surface area contributed by atoms with Crippen LogP contribution in [0.5, 0.6) is 11.6 Å². The second-order valence-corrected chi connectivity index (χ2v) is 12.3. The summed E-state index contributed by atoms with van der Waals surface area (Å²) in [6.45, 7) is 0. The maximum absolute atomic E-state index is 14.8. The third kappa shape index (κ3) is 3.30. The van der Waals surface area contributed by atoms with Crippen LogP contribution in [0.3, 0.4) is 0 Å². The van der Waals surface area contributed by atoms with Crippen LogP contribution in [-0.4, -0.2) is 19.5 Å². The third-order valence-corrected chi connectivity index (χ3v) is 10.4. The third-order valence-electron chi connectivity index (χ3n) is 7.39. The molecule has 0 spiro atoms. The molecular formula is C33H21N4O2P. The molecule has 1 aliphatic rings. The number of hydrogen-bond acceptors (Lipinski definition) is 5. The number of ether oxygens (including phenoxy) is 1. The van der Waals surface area contributed by atoms with E-state index in [1.165, 1.54) is 0 Å². The molecule has 7 heteroatoms. The first-order chi connectivity index (χ1) is 19.7. The summed E-state index contributed by atoms with van der Waals surface area (Å²) >= 11 is 0. The molecule has 6 nitrogen and oxygen atoms in total. The fourth-order valence-electron chi connectivity index (χ4n) is 5.69. The van der Waals surface area contributed by atoms with Crippen molar-refractivity contribution in [1.29, 1.82) is 0 Å². The minimum absolute atomic E-state index is 0.431. The van der Waals surface area contributed by atoms with Gasteiger partial charge in [0.2, 0.25) is 5.88 Å². The Labute approximate surface area is 229 Å². The smallest absolute Gasteiger partial charge is 0.221 e. The molecule has 0 aliphatic carbocycles. The van der Waals surface area contributed by atoms with E-state index in [2.05, 4.69) is 28.2 Å². The van der Waals surface area contributed by atoms with Crippen LogP contribution in [0.1, 0.15) is 0 Å². The van der Waals surface area contributed by atoms with Crippen LogP contribution in [0.4, 0.5) is 0 Å². The normalized spacial score (nSPS) is 15.7. The number of benzene rings is 3. The number of para-hydroxylation sites is 1. The minimum Gasteiger partial charge on any atom is -0.439 e. The van der Waals surface area contributed by atoms with Gasteiger partial charge in [-0.3, -0.25) is 9.55 Å². The molecule has 7 aromatic rings. The monoisotopic (exact) mass is 536 g/mol. The summed E-state index contributed by atoms with van der Waals surface area (Å²) in [5.41, 5.74) is 4.36. The lowest BCUT2D eigenvalue weighted by Gasteiger charge is -2.16. The maximum Gasteiger partial charge on any atom is 0.221 e. The van der Waals surface area contributed by atoms with E-state index in [-0.39, 0.29) is 0 Å². The molecule has 8 rings (SSSR count). The molecule has 0 saturated heterocycles. The summed E-state index contributed by atoms with van der Waals surface area (Å²) in [6, 6.07) is 37.1. The van der Waals surface area contributed by atoms with Crippen LogP contribution >= 0.6 is 7.14 Å². The first-order valence-corrected chi connectivity index (χ1v) is 14.7. The van der Waals surface area contributed by atoms with Gasteiger partial charge in [-0.1, -0.05) is 66.7 Å². The van der Waals surface area contributed by atoms with Crippen molar-refractivity contribution in [2.24, 2.45) is 0 Å². The predicted octanol–water partition coefficient (Wildman–Crippen LogP) is 6.38. The summed E-state index contributed by atoms with van der Waals surface area (Å²) in [5.74, 6) is 1.69. The van der Waals surface area contributed by atoms with Crippen molar-refractivity contribution in [3.8, 4) is 28.6 Å². The van der Waals surface area contributed by atoms with Gasteiger partial charge < -0.3 is 9.30 Å². The number of fused-ring (bicyclic) bond motifs is 6. The van der Waals surface area contributed by atoms with Crippen molar-refractivity contribution in [2.75, 3.05) is 0 Å². The van der Waals surface area contributed by atoms with Gasteiger partial charge in [0, 0.05) is 45.4 Å². The summed E-state index contributed by atoms with van der Waals surface area (Å²) in [7, 11) is -3.16. The van der Waals surface area contributed by atoms with E-state index < -0.39 is 7.14 Å². The van der Waals surface area contributed by atoms with Gasteiger partial charge in [-0.15, -0.1) is 0 Å². The molecule has 0 amide bonds. The molecule has 1 atom stereocenters. The predicted molar refractivity (Wildman–Crippen MR) is 159 cm³/mol. The average Bonchev–Trinajstić information content (AvgIpc) is 3.49. The highest BCUT2D eigenvalue weighted by atomic mass is 31.2. The molecule has 3 aromatic carbocycles. The van der Waals surface area contributed by atoms with Crippen LogP contribution in [0.15, 0.2) is 128 Å². The Kier molecular flexibility index (Phi) is 5.00. The molecule has 0 N–H and O–H groups in total. The van der Waals surface area contributed by atoms with Crippen molar-refractivity contribution in [3.05, 3.63) is 128 Å². The Hall–Kier alpha value is -5.06. The summed E-state index contributed by atoms with van der Waals surface area (Å²) in [4.78, 5) is 14.1. The number of nitrogens with zero attached hydrogens (tertiary/aromatic N) is 4. The molecule has 1 aliphatic heterocycles. The van der Waals surface area contributed by atoms with E-state index in [0.717, 1.165) is 38.4 Å². The highest BCUT2D eigenvalue weighted by molar-refractivity contribution is 7.86. The zero-order valence-corrected chi connectivity index (χ0v) is 22.1. The SMILES string of the molecule is O=P1(c2cccc(Oc3cccc(-n4c5ccccc5c5cccnc54)n3)c2)c2ccccc2-c2cccnc21. The Morgan fingerprint density at radius 1 is 0.675 bits per heavy atom. The summed E-state index contributed by atoms with van der Waals surface area (Å²) in [5, 5.41) is 3.66. The Morgan fingerprint density at radius 3 is 2.42 bits per heavy atom. The van der Waals surface area contributed by atoms with Crippen molar-refractivity contribution in [2.45, 2.75) is 0 Å². The molecule has 0 saturated carbocycles. The van der Waals surface area contributed by atoms with Gasteiger partial charge in [-0.2, -0.15) is 4.98 Å². The lowest BCUT2D eigenvalue weighted by Crippen LogP contribution is -2.22. The van der Waals surface area contributed by atoms with E-state index in [4.69, 9.17) is 9.72 Å². The second kappa shape index (κ2) is 8.73. The quantitative estimate of drug-likeness (QED) is 0.244.